The smallest absolute Gasteiger partial charge is 0.463 e. The Morgan fingerprint density at radius 2 is 0.545 bits per heavy atom. The van der Waals surface area contributed by atoms with E-state index in [9.17, 15) is 43.5 Å². The SMILES string of the molecule is CC/C=C\C/C=C\C/C=C\C/C=C\C/C=C\C/C=C\CCCCCCCCCCC(=O)OCC(O)COP(=O)(O)OCC(O)COP(=O)(O)OCC(COC(=O)CCCCCCCC/C=C\C/C=C\C/C=C\CCCCC)OC(=O)CCC/C=C\C/C=C\C/C=C\C/C=C\C/C=C\CC. The molecule has 0 aliphatic carbocycles. The maximum Gasteiger partial charge on any atom is 0.472 e. The van der Waals surface area contributed by atoms with Crippen LogP contribution in [0, 0.1) is 0 Å². The molecular weight excluding hydrogens is 1290 g/mol. The molecule has 18 heteroatoms. The van der Waals surface area contributed by atoms with Crippen molar-refractivity contribution in [2.24, 2.45) is 0 Å². The summed E-state index contributed by atoms with van der Waals surface area (Å²) < 4.78 is 61.0. The Balaban J connectivity index is 4.67. The molecule has 0 saturated heterocycles. The summed E-state index contributed by atoms with van der Waals surface area (Å²) in [4.78, 5) is 58.5. The average Bonchev–Trinajstić information content (AvgIpc) is 2.62. The summed E-state index contributed by atoms with van der Waals surface area (Å²) in [7, 11) is -9.82. The third kappa shape index (κ3) is 73.9. The van der Waals surface area contributed by atoms with Crippen LogP contribution in [0.25, 0.3) is 0 Å². The number of aliphatic hydroxyl groups is 2. The molecule has 16 nitrogen and oxygen atoms in total. The number of hydrogen-bond acceptors (Lipinski definition) is 14. The number of carbonyl (C=O) groups is 3. The van der Waals surface area contributed by atoms with Gasteiger partial charge in [-0.25, -0.2) is 9.13 Å². The molecule has 5 unspecified atom stereocenters. The standard InChI is InChI=1S/C81H132O16P2/c1-4-7-10-13-16-19-22-25-28-31-33-34-35-36-37-38-39-40-42-45-46-49-52-55-58-61-64-67-79(84)91-70-76(82)71-93-98(87,88)94-72-77(83)73-95-99(89,90)96-75-78(97-81(86)69-66-63-60-57-54-51-48-43-30-27-24-21-18-15-12-9-6-3)74-92-80(85)68-65-62-59-56-53-50-47-44-41-32-29-26-23-20-17-14-11-8-5-2/h7,9-10,12,16-21,25-30,33-34,36-37,39-41,44,48,51,57,60,76-78,82-83H,4-6,8,11,13-15,22-24,31-32,35,38,42-43,45-47,49-50,52-56,58-59,61-75H2,1-3H3,(H,87,88)(H,89,90)/b10-7-,12-9-,19-16-,20-17-,21-18-,28-25-,29-26-,30-27-,34-33-,37-36-,40-39-,44-41-,51-48-,60-57-. The van der Waals surface area contributed by atoms with Gasteiger partial charge in [0.2, 0.25) is 0 Å². The summed E-state index contributed by atoms with van der Waals surface area (Å²) in [5, 5.41) is 20.6. The number of carbonyl (C=O) groups excluding carboxylic acids is 3. The number of rotatable bonds is 69. The molecule has 4 N–H and O–H groups in total. The largest absolute Gasteiger partial charge is 0.472 e. The van der Waals surface area contributed by atoms with Gasteiger partial charge < -0.3 is 34.2 Å². The Morgan fingerprint density at radius 3 is 0.879 bits per heavy atom. The lowest BCUT2D eigenvalue weighted by Crippen LogP contribution is -2.30. The first-order valence-electron chi connectivity index (χ1n) is 37.4. The van der Waals surface area contributed by atoms with Gasteiger partial charge in [0.15, 0.2) is 6.10 Å². The van der Waals surface area contributed by atoms with Crippen LogP contribution in [0.4, 0.5) is 0 Å². The quantitative estimate of drug-likeness (QED) is 0.0146. The minimum Gasteiger partial charge on any atom is -0.463 e. The molecule has 562 valence electrons. The van der Waals surface area contributed by atoms with E-state index in [1.165, 1.54) is 38.5 Å². The number of ether oxygens (including phenoxy) is 3. The van der Waals surface area contributed by atoms with Crippen molar-refractivity contribution in [1.29, 1.82) is 0 Å². The Kier molecular flexibility index (Phi) is 69.0. The van der Waals surface area contributed by atoms with Crippen LogP contribution < -0.4 is 0 Å². The zero-order chi connectivity index (χ0) is 72.3. The number of aliphatic hydroxyl groups excluding tert-OH is 2. The van der Waals surface area contributed by atoms with Gasteiger partial charge in [-0.2, -0.15) is 0 Å². The highest BCUT2D eigenvalue weighted by atomic mass is 31.2. The molecule has 0 fully saturated rings. The molecule has 0 spiro atoms. The summed E-state index contributed by atoms with van der Waals surface area (Å²) in [6.45, 7) is 2.30. The molecule has 0 heterocycles. The molecular formula is C81H132O16P2. The normalized spacial score (nSPS) is 15.0. The summed E-state index contributed by atoms with van der Waals surface area (Å²) >= 11 is 0. The van der Waals surface area contributed by atoms with Crippen LogP contribution in [0.5, 0.6) is 0 Å². The van der Waals surface area contributed by atoms with Crippen molar-refractivity contribution in [3.05, 3.63) is 170 Å². The van der Waals surface area contributed by atoms with Crippen LogP contribution in [0.3, 0.4) is 0 Å². The van der Waals surface area contributed by atoms with Crippen LogP contribution >= 0.6 is 15.6 Å². The fraction of sp³-hybridized carbons (Fsp3) is 0.617. The van der Waals surface area contributed by atoms with Crippen LogP contribution in [-0.4, -0.2) is 95.9 Å². The van der Waals surface area contributed by atoms with E-state index in [1.54, 1.807) is 0 Å². The highest BCUT2D eigenvalue weighted by Crippen LogP contribution is 2.45. The Morgan fingerprint density at radius 1 is 0.293 bits per heavy atom. The molecule has 0 rings (SSSR count). The van der Waals surface area contributed by atoms with E-state index < -0.39 is 91.5 Å². The van der Waals surface area contributed by atoms with Crippen molar-refractivity contribution in [3.63, 3.8) is 0 Å². The lowest BCUT2D eigenvalue weighted by molar-refractivity contribution is -0.161. The molecule has 0 aliphatic heterocycles. The summed E-state index contributed by atoms with van der Waals surface area (Å²) in [6, 6.07) is 0. The molecule has 0 amide bonds. The predicted octanol–water partition coefficient (Wildman–Crippen LogP) is 21.6. The maximum absolute atomic E-state index is 12.9. The van der Waals surface area contributed by atoms with E-state index in [0.29, 0.717) is 25.7 Å². The Labute approximate surface area is 599 Å². The minimum atomic E-state index is -4.95. The van der Waals surface area contributed by atoms with E-state index >= 15 is 0 Å². The van der Waals surface area contributed by atoms with E-state index in [0.717, 1.165) is 161 Å². The molecule has 0 bridgehead atoms. The number of hydrogen-bond donors (Lipinski definition) is 4. The molecule has 0 radical (unpaired) electrons. The topological polar surface area (TPSA) is 231 Å². The summed E-state index contributed by atoms with van der Waals surface area (Å²) in [6.07, 6.45) is 91.2. The third-order valence-electron chi connectivity index (χ3n) is 14.9. The lowest BCUT2D eigenvalue weighted by atomic mass is 10.1. The van der Waals surface area contributed by atoms with Gasteiger partial charge in [0.1, 0.15) is 25.4 Å². The monoisotopic (exact) mass is 1420 g/mol. The molecule has 0 aromatic heterocycles. The van der Waals surface area contributed by atoms with Crippen LogP contribution in [-0.2, 0) is 55.8 Å². The average molecular weight is 1420 g/mol. The van der Waals surface area contributed by atoms with Gasteiger partial charge in [-0.05, 0) is 148 Å². The van der Waals surface area contributed by atoms with Gasteiger partial charge in [0.25, 0.3) is 0 Å². The third-order valence-corrected chi connectivity index (χ3v) is 16.8. The maximum atomic E-state index is 12.9. The number of phosphoric ester groups is 2. The number of phosphoric acid groups is 2. The van der Waals surface area contributed by atoms with E-state index in [4.69, 9.17) is 32.3 Å². The van der Waals surface area contributed by atoms with Gasteiger partial charge >= 0.3 is 33.6 Å². The van der Waals surface area contributed by atoms with Crippen molar-refractivity contribution in [2.75, 3.05) is 39.6 Å². The molecule has 99 heavy (non-hydrogen) atoms. The van der Waals surface area contributed by atoms with Gasteiger partial charge in [-0.15, -0.1) is 0 Å². The van der Waals surface area contributed by atoms with Gasteiger partial charge in [-0.3, -0.25) is 32.5 Å². The first-order valence-corrected chi connectivity index (χ1v) is 40.4. The van der Waals surface area contributed by atoms with Crippen molar-refractivity contribution in [3.8, 4) is 0 Å². The first-order chi connectivity index (χ1) is 48.2. The van der Waals surface area contributed by atoms with E-state index in [1.807, 2.05) is 12.2 Å². The van der Waals surface area contributed by atoms with Crippen molar-refractivity contribution in [2.45, 2.75) is 283 Å². The molecule has 0 saturated carbocycles. The number of allylic oxidation sites excluding steroid dienone is 28. The Bertz CT molecular complexity index is 2480. The zero-order valence-electron chi connectivity index (χ0n) is 61.1. The van der Waals surface area contributed by atoms with Gasteiger partial charge in [0.05, 0.1) is 26.4 Å². The fourth-order valence-electron chi connectivity index (χ4n) is 9.26. The Hall–Kier alpha value is -5.09. The molecule has 5 atom stereocenters. The number of unbranched alkanes of at least 4 members (excludes halogenated alkanes) is 18. The molecule has 0 aromatic rings. The lowest BCUT2D eigenvalue weighted by Gasteiger charge is -2.21. The number of esters is 3. The van der Waals surface area contributed by atoms with Gasteiger partial charge in [0, 0.05) is 19.3 Å². The predicted molar refractivity (Wildman–Crippen MR) is 408 cm³/mol. The highest BCUT2D eigenvalue weighted by Gasteiger charge is 2.29. The van der Waals surface area contributed by atoms with E-state index in [2.05, 4.69) is 179 Å². The molecule has 0 aromatic carbocycles. The van der Waals surface area contributed by atoms with Crippen molar-refractivity contribution < 1.29 is 75.8 Å². The van der Waals surface area contributed by atoms with Crippen LogP contribution in [0.2, 0.25) is 0 Å². The second-order valence-corrected chi connectivity index (χ2v) is 27.2. The highest BCUT2D eigenvalue weighted by molar-refractivity contribution is 7.47. The summed E-state index contributed by atoms with van der Waals surface area (Å²) in [5.41, 5.74) is 0. The van der Waals surface area contributed by atoms with Crippen molar-refractivity contribution >= 4 is 33.6 Å². The molecule has 0 aliphatic rings. The second kappa shape index (κ2) is 72.7. The van der Waals surface area contributed by atoms with E-state index in [-0.39, 0.29) is 19.3 Å². The van der Waals surface area contributed by atoms with Crippen LogP contribution in [0.15, 0.2) is 170 Å². The van der Waals surface area contributed by atoms with Gasteiger partial charge in [-0.1, -0.05) is 268 Å². The van der Waals surface area contributed by atoms with Crippen molar-refractivity contribution in [1.82, 2.24) is 0 Å². The zero-order valence-corrected chi connectivity index (χ0v) is 62.9. The van der Waals surface area contributed by atoms with Crippen LogP contribution in [0.1, 0.15) is 265 Å². The minimum absolute atomic E-state index is 0.0173. The fourth-order valence-corrected chi connectivity index (χ4v) is 10.8. The second-order valence-electron chi connectivity index (χ2n) is 24.3. The first kappa shape index (κ1) is 93.9. The summed E-state index contributed by atoms with van der Waals surface area (Å²) in [5.74, 6) is -1.68.